The van der Waals surface area contributed by atoms with Crippen molar-refractivity contribution >= 4 is 71.3 Å². The molecule has 56 heavy (non-hydrogen) atoms. The van der Waals surface area contributed by atoms with Gasteiger partial charge in [0.05, 0.1) is 5.69 Å². The summed E-state index contributed by atoms with van der Waals surface area (Å²) in [7, 11) is 0. The predicted octanol–water partition coefficient (Wildman–Crippen LogP) is 13.7. The average molecular weight is 717 g/mol. The van der Waals surface area contributed by atoms with Crippen molar-refractivity contribution in [2.45, 2.75) is 0 Å². The third kappa shape index (κ3) is 5.37. The summed E-state index contributed by atoms with van der Waals surface area (Å²) in [5.74, 6) is 1.83. The first kappa shape index (κ1) is 31.9. The van der Waals surface area contributed by atoms with Crippen molar-refractivity contribution in [2.75, 3.05) is 4.90 Å². The van der Waals surface area contributed by atoms with Crippen LogP contribution in [0.5, 0.6) is 0 Å². The van der Waals surface area contributed by atoms with Crippen LogP contribution in [0, 0.1) is 0 Å². The zero-order valence-electron chi connectivity index (χ0n) is 30.2. The van der Waals surface area contributed by atoms with Gasteiger partial charge in [-0.3, -0.25) is 0 Å². The van der Waals surface area contributed by atoms with Gasteiger partial charge in [0.2, 0.25) is 0 Å². The van der Waals surface area contributed by atoms with Crippen LogP contribution in [0.4, 0.5) is 17.1 Å². The van der Waals surface area contributed by atoms with E-state index in [1.165, 1.54) is 21.5 Å². The minimum absolute atomic E-state index is 0.591. The molecule has 9 aromatic carbocycles. The lowest BCUT2D eigenvalue weighted by molar-refractivity contribution is 0.669. The zero-order chi connectivity index (χ0) is 37.0. The smallest absolute Gasteiger partial charge is 0.164 e. The van der Waals surface area contributed by atoms with Gasteiger partial charge in [0.15, 0.2) is 17.5 Å². The summed E-state index contributed by atoms with van der Waals surface area (Å²) in [4.78, 5) is 17.6. The van der Waals surface area contributed by atoms with E-state index in [1.807, 2.05) is 72.8 Å². The predicted molar refractivity (Wildman–Crippen MR) is 231 cm³/mol. The summed E-state index contributed by atoms with van der Waals surface area (Å²) >= 11 is 0. The molecule has 0 N–H and O–H groups in total. The molecule has 0 unspecified atom stereocenters. The Hall–Kier alpha value is -7.63. The van der Waals surface area contributed by atoms with E-state index in [0.717, 1.165) is 66.5 Å². The summed E-state index contributed by atoms with van der Waals surface area (Å²) in [5, 5.41) is 8.93. The van der Waals surface area contributed by atoms with E-state index in [9.17, 15) is 0 Å². The molecule has 0 atom stereocenters. The molecular weight excluding hydrogens is 685 g/mol. The highest BCUT2D eigenvalue weighted by Gasteiger charge is 2.23. The van der Waals surface area contributed by atoms with Crippen LogP contribution in [0.25, 0.3) is 88.4 Å². The minimum Gasteiger partial charge on any atom is -0.456 e. The van der Waals surface area contributed by atoms with Crippen molar-refractivity contribution in [3.05, 3.63) is 194 Å². The maximum Gasteiger partial charge on any atom is 0.164 e. The van der Waals surface area contributed by atoms with Gasteiger partial charge in [-0.2, -0.15) is 0 Å². The van der Waals surface area contributed by atoms with Gasteiger partial charge in [0.25, 0.3) is 0 Å². The lowest BCUT2D eigenvalue weighted by Gasteiger charge is -2.27. The van der Waals surface area contributed by atoms with Crippen LogP contribution in [-0.2, 0) is 0 Å². The third-order valence-corrected chi connectivity index (χ3v) is 10.6. The Balaban J connectivity index is 1.18. The van der Waals surface area contributed by atoms with Crippen molar-refractivity contribution in [3.8, 4) is 34.2 Å². The molecule has 0 aliphatic carbocycles. The average Bonchev–Trinajstić information content (AvgIpc) is 3.66. The number of benzene rings is 9. The molecule has 11 aromatic rings. The minimum atomic E-state index is 0.591. The fraction of sp³-hybridized carbons (Fsp3) is 0. The van der Waals surface area contributed by atoms with Crippen LogP contribution in [-0.4, -0.2) is 15.0 Å². The SMILES string of the molecule is c1ccc(-c2nc(-c3ccccc3)nc(-c3cccc4oc5cc(N(c6ccc7ccccc7c6)c6ccc7ccccc7c6)c6ccccc6c5c34)n2)cc1. The molecule has 0 aliphatic rings. The Morgan fingerprint density at radius 2 is 0.875 bits per heavy atom. The number of aromatic nitrogens is 3. The molecule has 0 saturated heterocycles. The van der Waals surface area contributed by atoms with Crippen LogP contribution < -0.4 is 4.90 Å². The summed E-state index contributed by atoms with van der Waals surface area (Å²) in [6.07, 6.45) is 0. The van der Waals surface area contributed by atoms with Gasteiger partial charge >= 0.3 is 0 Å². The fourth-order valence-electron chi connectivity index (χ4n) is 8.02. The number of hydrogen-bond donors (Lipinski definition) is 0. The molecule has 2 heterocycles. The monoisotopic (exact) mass is 716 g/mol. The quantitative estimate of drug-likeness (QED) is 0.171. The molecule has 0 fully saturated rings. The second-order valence-electron chi connectivity index (χ2n) is 14.0. The molecule has 5 nitrogen and oxygen atoms in total. The van der Waals surface area contributed by atoms with E-state index in [1.54, 1.807) is 0 Å². The van der Waals surface area contributed by atoms with Crippen molar-refractivity contribution in [1.82, 2.24) is 15.0 Å². The normalized spacial score (nSPS) is 11.6. The number of hydrogen-bond acceptors (Lipinski definition) is 5. The van der Waals surface area contributed by atoms with Crippen molar-refractivity contribution < 1.29 is 4.42 Å². The zero-order valence-corrected chi connectivity index (χ0v) is 30.2. The van der Waals surface area contributed by atoms with Crippen molar-refractivity contribution in [2.24, 2.45) is 0 Å². The second kappa shape index (κ2) is 13.0. The van der Waals surface area contributed by atoms with E-state index in [4.69, 9.17) is 19.4 Å². The number of fused-ring (bicyclic) bond motifs is 7. The Labute approximate surface area is 322 Å². The van der Waals surface area contributed by atoms with Gasteiger partial charge in [0, 0.05) is 50.3 Å². The first-order chi connectivity index (χ1) is 27.7. The first-order valence-electron chi connectivity index (χ1n) is 18.8. The Kier molecular flexibility index (Phi) is 7.42. The maximum atomic E-state index is 6.86. The van der Waals surface area contributed by atoms with Gasteiger partial charge in [-0.25, -0.2) is 15.0 Å². The van der Waals surface area contributed by atoms with Gasteiger partial charge in [0.1, 0.15) is 11.2 Å². The molecule has 0 radical (unpaired) electrons. The van der Waals surface area contributed by atoms with Crippen LogP contribution >= 0.6 is 0 Å². The molecule has 262 valence electrons. The van der Waals surface area contributed by atoms with Crippen molar-refractivity contribution in [3.63, 3.8) is 0 Å². The maximum absolute atomic E-state index is 6.86. The number of furan rings is 1. The molecule has 0 bridgehead atoms. The van der Waals surface area contributed by atoms with Gasteiger partial charge in [-0.05, 0) is 57.3 Å². The Morgan fingerprint density at radius 1 is 0.357 bits per heavy atom. The second-order valence-corrected chi connectivity index (χ2v) is 14.0. The van der Waals surface area contributed by atoms with Gasteiger partial charge in [-0.15, -0.1) is 0 Å². The van der Waals surface area contributed by atoms with E-state index >= 15 is 0 Å². The topological polar surface area (TPSA) is 55.1 Å². The third-order valence-electron chi connectivity index (χ3n) is 10.6. The van der Waals surface area contributed by atoms with E-state index in [-0.39, 0.29) is 0 Å². The highest BCUT2D eigenvalue weighted by Crippen LogP contribution is 2.47. The van der Waals surface area contributed by atoms with E-state index in [0.29, 0.717) is 17.5 Å². The molecule has 5 heteroatoms. The largest absolute Gasteiger partial charge is 0.456 e. The summed E-state index contributed by atoms with van der Waals surface area (Å²) in [5.41, 5.74) is 7.44. The van der Waals surface area contributed by atoms with Crippen LogP contribution in [0.15, 0.2) is 199 Å². The number of anilines is 3. The van der Waals surface area contributed by atoms with Crippen molar-refractivity contribution in [1.29, 1.82) is 0 Å². The molecular formula is C51H32N4O. The highest BCUT2D eigenvalue weighted by molar-refractivity contribution is 6.25. The molecule has 0 aliphatic heterocycles. The molecule has 0 saturated carbocycles. The van der Waals surface area contributed by atoms with E-state index in [2.05, 4.69) is 126 Å². The molecule has 11 rings (SSSR count). The molecule has 0 spiro atoms. The summed E-state index contributed by atoms with van der Waals surface area (Å²) in [6, 6.07) is 67.6. The Morgan fingerprint density at radius 3 is 1.48 bits per heavy atom. The van der Waals surface area contributed by atoms with Crippen LogP contribution in [0.1, 0.15) is 0 Å². The van der Waals surface area contributed by atoms with Gasteiger partial charge in [-0.1, -0.05) is 158 Å². The van der Waals surface area contributed by atoms with E-state index < -0.39 is 0 Å². The molecule has 2 aromatic heterocycles. The first-order valence-corrected chi connectivity index (χ1v) is 18.8. The Bertz CT molecular complexity index is 3130. The fourth-order valence-corrected chi connectivity index (χ4v) is 8.02. The lowest BCUT2D eigenvalue weighted by atomic mass is 9.98. The standard InChI is InChI=1S/C51H32N4O/c1-3-16-35(17-4-1)49-52-50(36-18-5-2-6-19-36)54-51(53-49)43-24-13-25-45-48(43)47-42-23-12-11-22-41(42)44(32-46(47)56-45)55(39-28-26-33-14-7-9-20-37(33)30-39)40-29-27-34-15-8-10-21-38(34)31-40/h1-32H. The number of rotatable bonds is 6. The lowest BCUT2D eigenvalue weighted by Crippen LogP contribution is -2.10. The summed E-state index contributed by atoms with van der Waals surface area (Å²) < 4.78 is 6.86. The number of nitrogens with zero attached hydrogens (tertiary/aromatic N) is 4. The van der Waals surface area contributed by atoms with Crippen LogP contribution in [0.2, 0.25) is 0 Å². The van der Waals surface area contributed by atoms with Gasteiger partial charge < -0.3 is 9.32 Å². The highest BCUT2D eigenvalue weighted by atomic mass is 16.3. The molecule has 0 amide bonds. The van der Waals surface area contributed by atoms with Crippen LogP contribution in [0.3, 0.4) is 0 Å². The summed E-state index contributed by atoms with van der Waals surface area (Å²) in [6.45, 7) is 0.